The van der Waals surface area contributed by atoms with E-state index in [0.29, 0.717) is 26.2 Å². The van der Waals surface area contributed by atoms with Gasteiger partial charge in [0.25, 0.3) is 0 Å². The molecule has 2 aliphatic heterocycles. The Kier molecular flexibility index (Phi) is 6.35. The lowest BCUT2D eigenvalue weighted by atomic mass is 10.1. The highest BCUT2D eigenvalue weighted by molar-refractivity contribution is 5.85. The van der Waals surface area contributed by atoms with Crippen molar-refractivity contribution in [1.29, 1.82) is 0 Å². The Bertz CT molecular complexity index is 272. The minimum Gasteiger partial charge on any atom is -0.375 e. The molecule has 0 aliphatic carbocycles. The van der Waals surface area contributed by atoms with Crippen molar-refractivity contribution in [3.8, 4) is 0 Å². The van der Waals surface area contributed by atoms with Crippen LogP contribution in [-0.4, -0.2) is 61.9 Å². The number of nitrogens with zero attached hydrogens (tertiary/aromatic N) is 1. The van der Waals surface area contributed by atoms with Gasteiger partial charge in [0.05, 0.1) is 37.9 Å². The Morgan fingerprint density at radius 3 is 2.83 bits per heavy atom. The molecule has 5 nitrogen and oxygen atoms in total. The molecule has 2 aliphatic rings. The Morgan fingerprint density at radius 2 is 2.17 bits per heavy atom. The van der Waals surface area contributed by atoms with Gasteiger partial charge in [-0.2, -0.15) is 0 Å². The standard InChI is InChI=1S/C12H22N2O3.ClH/c1-9-8-17-10(2)7-14(9)12(15)5-11-6-13-3-4-16-11;/h9-11,13H,3-8H2,1-2H3;1H. The van der Waals surface area contributed by atoms with Gasteiger partial charge < -0.3 is 19.7 Å². The highest BCUT2D eigenvalue weighted by Crippen LogP contribution is 2.14. The number of hydrogen-bond acceptors (Lipinski definition) is 4. The van der Waals surface area contributed by atoms with Gasteiger partial charge in [-0.3, -0.25) is 4.79 Å². The molecule has 3 atom stereocenters. The number of ether oxygens (including phenoxy) is 2. The van der Waals surface area contributed by atoms with Crippen LogP contribution in [0.25, 0.3) is 0 Å². The molecule has 0 aromatic carbocycles. The molecule has 1 N–H and O–H groups in total. The predicted molar refractivity (Wildman–Crippen MR) is 71.1 cm³/mol. The highest BCUT2D eigenvalue weighted by Gasteiger charge is 2.29. The lowest BCUT2D eigenvalue weighted by Gasteiger charge is -2.37. The van der Waals surface area contributed by atoms with E-state index in [1.54, 1.807) is 0 Å². The molecular formula is C12H23ClN2O3. The van der Waals surface area contributed by atoms with Gasteiger partial charge >= 0.3 is 0 Å². The second kappa shape index (κ2) is 7.28. The average molecular weight is 279 g/mol. The van der Waals surface area contributed by atoms with Gasteiger partial charge in [-0.15, -0.1) is 12.4 Å². The smallest absolute Gasteiger partial charge is 0.225 e. The van der Waals surface area contributed by atoms with Crippen LogP contribution >= 0.6 is 12.4 Å². The quantitative estimate of drug-likeness (QED) is 0.796. The van der Waals surface area contributed by atoms with Crippen LogP contribution in [0, 0.1) is 0 Å². The highest BCUT2D eigenvalue weighted by atomic mass is 35.5. The summed E-state index contributed by atoms with van der Waals surface area (Å²) < 4.78 is 11.1. The van der Waals surface area contributed by atoms with Gasteiger partial charge in [-0.05, 0) is 13.8 Å². The first-order valence-corrected chi connectivity index (χ1v) is 6.40. The van der Waals surface area contributed by atoms with Crippen molar-refractivity contribution in [2.45, 2.75) is 38.5 Å². The van der Waals surface area contributed by atoms with E-state index in [4.69, 9.17) is 9.47 Å². The fourth-order valence-corrected chi connectivity index (χ4v) is 2.31. The van der Waals surface area contributed by atoms with E-state index < -0.39 is 0 Å². The second-order valence-corrected chi connectivity index (χ2v) is 4.94. The zero-order valence-electron chi connectivity index (χ0n) is 11.1. The van der Waals surface area contributed by atoms with Crippen LogP contribution in [0.4, 0.5) is 0 Å². The molecule has 0 radical (unpaired) electrons. The van der Waals surface area contributed by atoms with E-state index in [1.807, 2.05) is 18.7 Å². The summed E-state index contributed by atoms with van der Waals surface area (Å²) in [4.78, 5) is 14.1. The van der Waals surface area contributed by atoms with Crippen molar-refractivity contribution in [2.75, 3.05) is 32.8 Å². The molecule has 3 unspecified atom stereocenters. The minimum atomic E-state index is 0. The van der Waals surface area contributed by atoms with E-state index >= 15 is 0 Å². The number of morpholine rings is 2. The van der Waals surface area contributed by atoms with E-state index in [2.05, 4.69) is 5.32 Å². The third-order valence-electron chi connectivity index (χ3n) is 3.33. The van der Waals surface area contributed by atoms with E-state index in [9.17, 15) is 4.79 Å². The number of nitrogens with one attached hydrogen (secondary N) is 1. The molecule has 1 amide bonds. The fourth-order valence-electron chi connectivity index (χ4n) is 2.31. The van der Waals surface area contributed by atoms with Gasteiger partial charge in [-0.25, -0.2) is 0 Å². The maximum Gasteiger partial charge on any atom is 0.225 e. The number of amides is 1. The third kappa shape index (κ3) is 4.09. The van der Waals surface area contributed by atoms with Crippen LogP contribution < -0.4 is 5.32 Å². The van der Waals surface area contributed by atoms with Crippen LogP contribution in [0.15, 0.2) is 0 Å². The SMILES string of the molecule is CC1CN(C(=O)CC2CNCCO2)C(C)CO1.Cl. The Morgan fingerprint density at radius 1 is 1.39 bits per heavy atom. The fraction of sp³-hybridized carbons (Fsp3) is 0.917. The van der Waals surface area contributed by atoms with E-state index in [-0.39, 0.29) is 36.6 Å². The van der Waals surface area contributed by atoms with Crippen LogP contribution in [0.3, 0.4) is 0 Å². The van der Waals surface area contributed by atoms with Crippen LogP contribution in [0.2, 0.25) is 0 Å². The predicted octanol–water partition coefficient (Wildman–Crippen LogP) is 0.422. The van der Waals surface area contributed by atoms with Crippen molar-refractivity contribution < 1.29 is 14.3 Å². The van der Waals surface area contributed by atoms with Gasteiger partial charge in [0.2, 0.25) is 5.91 Å². The molecule has 2 saturated heterocycles. The zero-order valence-corrected chi connectivity index (χ0v) is 11.9. The summed E-state index contributed by atoms with van der Waals surface area (Å²) in [6.45, 7) is 7.73. The van der Waals surface area contributed by atoms with Crippen LogP contribution in [0.5, 0.6) is 0 Å². The largest absolute Gasteiger partial charge is 0.375 e. The number of carbonyl (C=O) groups is 1. The first-order valence-electron chi connectivity index (χ1n) is 6.40. The molecule has 0 spiro atoms. The molecule has 2 heterocycles. The van der Waals surface area contributed by atoms with Crippen molar-refractivity contribution in [3.63, 3.8) is 0 Å². The molecule has 106 valence electrons. The molecule has 0 aromatic rings. The monoisotopic (exact) mass is 278 g/mol. The van der Waals surface area contributed by atoms with Gasteiger partial charge in [0.1, 0.15) is 0 Å². The topological polar surface area (TPSA) is 50.8 Å². The Hall–Kier alpha value is -0.360. The summed E-state index contributed by atoms with van der Waals surface area (Å²) in [6.07, 6.45) is 0.645. The molecule has 0 saturated carbocycles. The number of carbonyl (C=O) groups excluding carboxylic acids is 1. The van der Waals surface area contributed by atoms with Gasteiger partial charge in [0, 0.05) is 19.6 Å². The lowest BCUT2D eigenvalue weighted by molar-refractivity contribution is -0.146. The molecule has 0 bridgehead atoms. The molecule has 18 heavy (non-hydrogen) atoms. The van der Waals surface area contributed by atoms with E-state index in [0.717, 1.165) is 13.1 Å². The Balaban J connectivity index is 0.00000162. The molecule has 6 heteroatoms. The lowest BCUT2D eigenvalue weighted by Crippen LogP contribution is -2.51. The Labute approximate surface area is 115 Å². The van der Waals surface area contributed by atoms with E-state index in [1.165, 1.54) is 0 Å². The third-order valence-corrected chi connectivity index (χ3v) is 3.33. The summed E-state index contributed by atoms with van der Waals surface area (Å²) in [7, 11) is 0. The van der Waals surface area contributed by atoms with Crippen LogP contribution in [-0.2, 0) is 14.3 Å². The number of rotatable bonds is 2. The van der Waals surface area contributed by atoms with Gasteiger partial charge in [-0.1, -0.05) is 0 Å². The minimum absolute atomic E-state index is 0. The van der Waals surface area contributed by atoms with Crippen molar-refractivity contribution >= 4 is 18.3 Å². The van der Waals surface area contributed by atoms with Gasteiger partial charge in [0.15, 0.2) is 0 Å². The molecular weight excluding hydrogens is 256 g/mol. The summed E-state index contributed by atoms with van der Waals surface area (Å²) >= 11 is 0. The maximum atomic E-state index is 12.2. The van der Waals surface area contributed by atoms with Crippen molar-refractivity contribution in [1.82, 2.24) is 10.2 Å². The van der Waals surface area contributed by atoms with Crippen LogP contribution in [0.1, 0.15) is 20.3 Å². The average Bonchev–Trinajstić information content (AvgIpc) is 2.33. The number of halogens is 1. The summed E-state index contributed by atoms with van der Waals surface area (Å²) in [5.41, 5.74) is 0. The molecule has 2 rings (SSSR count). The number of hydrogen-bond donors (Lipinski definition) is 1. The second-order valence-electron chi connectivity index (χ2n) is 4.94. The summed E-state index contributed by atoms with van der Waals surface area (Å²) in [6, 6.07) is 0.176. The summed E-state index contributed by atoms with van der Waals surface area (Å²) in [5.74, 6) is 0.182. The molecule has 2 fully saturated rings. The maximum absolute atomic E-state index is 12.2. The first-order chi connectivity index (χ1) is 8.16. The first kappa shape index (κ1) is 15.7. The summed E-state index contributed by atoms with van der Waals surface area (Å²) in [5, 5.41) is 3.24. The van der Waals surface area contributed by atoms with Crippen molar-refractivity contribution in [3.05, 3.63) is 0 Å². The normalized spacial score (nSPS) is 32.8. The zero-order chi connectivity index (χ0) is 12.3. The molecule has 0 aromatic heterocycles. The van der Waals surface area contributed by atoms with Crippen molar-refractivity contribution in [2.24, 2.45) is 0 Å².